The molecule has 2 rings (SSSR count). The van der Waals surface area contributed by atoms with Crippen molar-refractivity contribution in [3.8, 4) is 0 Å². The molecule has 2 aliphatic rings. The number of thioether (sulfide) groups is 1. The van der Waals surface area contributed by atoms with E-state index in [0.717, 1.165) is 17.9 Å². The van der Waals surface area contributed by atoms with Crippen molar-refractivity contribution in [3.63, 3.8) is 0 Å². The topological polar surface area (TPSA) is 12.0 Å². The number of rotatable bonds is 4. The van der Waals surface area contributed by atoms with E-state index in [1.807, 2.05) is 0 Å². The molecule has 0 spiro atoms. The van der Waals surface area contributed by atoms with Crippen LogP contribution in [0.1, 0.15) is 38.5 Å². The molecule has 82 valence electrons. The molecule has 0 aromatic heterocycles. The van der Waals surface area contributed by atoms with Gasteiger partial charge in [-0.3, -0.25) is 0 Å². The molecule has 2 fully saturated rings. The highest BCUT2D eigenvalue weighted by molar-refractivity contribution is 7.99. The molecule has 1 nitrogen and oxygen atoms in total. The van der Waals surface area contributed by atoms with Gasteiger partial charge >= 0.3 is 0 Å². The second-order valence-corrected chi connectivity index (χ2v) is 6.10. The van der Waals surface area contributed by atoms with Crippen LogP contribution in [0.4, 0.5) is 0 Å². The van der Waals surface area contributed by atoms with Crippen LogP contribution in [0.2, 0.25) is 0 Å². The first kappa shape index (κ1) is 10.8. The second kappa shape index (κ2) is 5.41. The summed E-state index contributed by atoms with van der Waals surface area (Å²) in [6.07, 6.45) is 8.82. The Morgan fingerprint density at radius 3 is 2.43 bits per heavy atom. The van der Waals surface area contributed by atoms with Gasteiger partial charge in [-0.1, -0.05) is 6.42 Å². The van der Waals surface area contributed by atoms with Gasteiger partial charge in [-0.15, -0.1) is 0 Å². The Bertz CT molecular complexity index is 162. The van der Waals surface area contributed by atoms with Gasteiger partial charge in [-0.05, 0) is 62.5 Å². The number of hydrogen-bond acceptors (Lipinski definition) is 2. The van der Waals surface area contributed by atoms with Crippen molar-refractivity contribution in [1.82, 2.24) is 5.32 Å². The van der Waals surface area contributed by atoms with Crippen molar-refractivity contribution in [1.29, 1.82) is 0 Å². The zero-order valence-corrected chi connectivity index (χ0v) is 10.1. The minimum atomic E-state index is 0.830. The fourth-order valence-corrected chi connectivity index (χ4v) is 3.93. The van der Waals surface area contributed by atoms with E-state index in [4.69, 9.17) is 0 Å². The zero-order chi connectivity index (χ0) is 9.80. The van der Waals surface area contributed by atoms with Crippen molar-refractivity contribution < 1.29 is 0 Å². The van der Waals surface area contributed by atoms with Gasteiger partial charge in [0.1, 0.15) is 0 Å². The molecule has 0 aromatic rings. The average molecular weight is 213 g/mol. The van der Waals surface area contributed by atoms with E-state index in [2.05, 4.69) is 24.1 Å². The van der Waals surface area contributed by atoms with Crippen LogP contribution >= 0.6 is 11.8 Å². The molecule has 2 heteroatoms. The molecule has 1 unspecified atom stereocenters. The fourth-order valence-electron chi connectivity index (χ4n) is 2.73. The molecule has 0 radical (unpaired) electrons. The van der Waals surface area contributed by atoms with Gasteiger partial charge in [0, 0.05) is 6.04 Å². The summed E-state index contributed by atoms with van der Waals surface area (Å²) in [6, 6.07) is 0.830. The van der Waals surface area contributed by atoms with E-state index in [1.54, 1.807) is 0 Å². The lowest BCUT2D eigenvalue weighted by atomic mass is 9.76. The van der Waals surface area contributed by atoms with Crippen molar-refractivity contribution in [2.24, 2.45) is 11.8 Å². The average Bonchev–Trinajstić information content (AvgIpc) is 2.15. The summed E-state index contributed by atoms with van der Waals surface area (Å²) in [5.74, 6) is 4.85. The Balaban J connectivity index is 1.74. The third kappa shape index (κ3) is 2.66. The van der Waals surface area contributed by atoms with Crippen LogP contribution in [0.5, 0.6) is 0 Å². The van der Waals surface area contributed by atoms with Crippen molar-refractivity contribution in [2.75, 3.05) is 18.6 Å². The van der Waals surface area contributed by atoms with Crippen LogP contribution in [-0.2, 0) is 0 Å². The summed E-state index contributed by atoms with van der Waals surface area (Å²) in [6.45, 7) is 0. The maximum atomic E-state index is 3.54. The number of nitrogens with one attached hydrogen (secondary N) is 1. The van der Waals surface area contributed by atoms with Crippen LogP contribution in [0.3, 0.4) is 0 Å². The molecule has 1 N–H and O–H groups in total. The standard InChI is InChI=1S/C12H23NS/c1-13-12(11-3-2-4-11)9-10-5-7-14-8-6-10/h10-13H,2-9H2,1H3. The molecular formula is C12H23NS. The van der Waals surface area contributed by atoms with E-state index in [1.165, 1.54) is 50.0 Å². The van der Waals surface area contributed by atoms with E-state index < -0.39 is 0 Å². The van der Waals surface area contributed by atoms with Crippen LogP contribution < -0.4 is 5.32 Å². The van der Waals surface area contributed by atoms with Crippen molar-refractivity contribution in [2.45, 2.75) is 44.6 Å². The van der Waals surface area contributed by atoms with Crippen LogP contribution in [0, 0.1) is 11.8 Å². The lowest BCUT2D eigenvalue weighted by Crippen LogP contribution is -2.39. The van der Waals surface area contributed by atoms with Gasteiger partial charge in [0.2, 0.25) is 0 Å². The monoisotopic (exact) mass is 213 g/mol. The smallest absolute Gasteiger partial charge is 0.00949 e. The maximum Gasteiger partial charge on any atom is 0.00949 e. The molecule has 1 heterocycles. The highest BCUT2D eigenvalue weighted by Gasteiger charge is 2.28. The van der Waals surface area contributed by atoms with Crippen molar-refractivity contribution >= 4 is 11.8 Å². The van der Waals surface area contributed by atoms with Crippen LogP contribution in [0.25, 0.3) is 0 Å². The predicted molar refractivity (Wildman–Crippen MR) is 64.9 cm³/mol. The second-order valence-electron chi connectivity index (χ2n) is 4.88. The largest absolute Gasteiger partial charge is 0.317 e. The molecule has 1 saturated carbocycles. The third-order valence-electron chi connectivity index (χ3n) is 4.02. The Kier molecular flexibility index (Phi) is 4.18. The quantitative estimate of drug-likeness (QED) is 0.770. The summed E-state index contributed by atoms with van der Waals surface area (Å²) >= 11 is 2.14. The molecule has 1 aliphatic heterocycles. The Hall–Kier alpha value is 0.310. The summed E-state index contributed by atoms with van der Waals surface area (Å²) in [7, 11) is 2.15. The summed E-state index contributed by atoms with van der Waals surface area (Å²) in [5.41, 5.74) is 0. The van der Waals surface area contributed by atoms with Gasteiger partial charge in [0.15, 0.2) is 0 Å². The Labute approximate surface area is 92.4 Å². The SMILES string of the molecule is CNC(CC1CCSCC1)C1CCC1. The molecule has 1 atom stereocenters. The van der Waals surface area contributed by atoms with Gasteiger partial charge in [-0.25, -0.2) is 0 Å². The molecule has 1 saturated heterocycles. The summed E-state index contributed by atoms with van der Waals surface area (Å²) in [5, 5.41) is 3.54. The van der Waals surface area contributed by atoms with Gasteiger partial charge < -0.3 is 5.32 Å². The highest BCUT2D eigenvalue weighted by Crippen LogP contribution is 2.34. The summed E-state index contributed by atoms with van der Waals surface area (Å²) in [4.78, 5) is 0. The lowest BCUT2D eigenvalue weighted by Gasteiger charge is -2.36. The first-order valence-corrected chi connectivity index (χ1v) is 7.30. The van der Waals surface area contributed by atoms with Crippen LogP contribution in [0.15, 0.2) is 0 Å². The van der Waals surface area contributed by atoms with Gasteiger partial charge in [-0.2, -0.15) is 11.8 Å². The maximum absolute atomic E-state index is 3.54. The molecule has 14 heavy (non-hydrogen) atoms. The van der Waals surface area contributed by atoms with Gasteiger partial charge in [0.05, 0.1) is 0 Å². The van der Waals surface area contributed by atoms with Crippen molar-refractivity contribution in [3.05, 3.63) is 0 Å². The molecule has 0 amide bonds. The van der Waals surface area contributed by atoms with E-state index >= 15 is 0 Å². The lowest BCUT2D eigenvalue weighted by molar-refractivity contribution is 0.203. The first-order valence-electron chi connectivity index (χ1n) is 6.15. The highest BCUT2D eigenvalue weighted by atomic mass is 32.2. The van der Waals surface area contributed by atoms with Crippen LogP contribution in [-0.4, -0.2) is 24.6 Å². The van der Waals surface area contributed by atoms with Gasteiger partial charge in [0.25, 0.3) is 0 Å². The molecular weight excluding hydrogens is 190 g/mol. The summed E-state index contributed by atoms with van der Waals surface area (Å²) < 4.78 is 0. The Morgan fingerprint density at radius 1 is 1.21 bits per heavy atom. The molecule has 0 bridgehead atoms. The van der Waals surface area contributed by atoms with E-state index in [-0.39, 0.29) is 0 Å². The fraction of sp³-hybridized carbons (Fsp3) is 1.00. The van der Waals surface area contributed by atoms with E-state index in [9.17, 15) is 0 Å². The third-order valence-corrected chi connectivity index (χ3v) is 5.07. The normalized spacial score (nSPS) is 27.2. The molecule has 0 aromatic carbocycles. The number of hydrogen-bond donors (Lipinski definition) is 1. The predicted octanol–water partition coefficient (Wildman–Crippen LogP) is 2.91. The van der Waals surface area contributed by atoms with E-state index in [0.29, 0.717) is 0 Å². The first-order chi connectivity index (χ1) is 6.90. The minimum Gasteiger partial charge on any atom is -0.317 e. The zero-order valence-electron chi connectivity index (χ0n) is 9.30. The minimum absolute atomic E-state index is 0.830. The Morgan fingerprint density at radius 2 is 1.93 bits per heavy atom. The molecule has 1 aliphatic carbocycles.